The van der Waals surface area contributed by atoms with Crippen LogP contribution < -0.4 is 5.32 Å². The monoisotopic (exact) mass is 276 g/mol. The number of aromatic hydroxyl groups is 1. The number of aryl methyl sites for hydroxylation is 1. The number of piperazine rings is 1. The predicted molar refractivity (Wildman–Crippen MR) is 71.1 cm³/mol. The van der Waals surface area contributed by atoms with Gasteiger partial charge in [-0.1, -0.05) is 19.1 Å². The van der Waals surface area contributed by atoms with Crippen LogP contribution in [-0.2, 0) is 9.59 Å². The van der Waals surface area contributed by atoms with Crippen LogP contribution in [0.15, 0.2) is 18.2 Å². The number of hydrogen-bond acceptors (Lipinski definition) is 4. The number of nitrogens with one attached hydrogen (secondary N) is 1. The number of amides is 3. The van der Waals surface area contributed by atoms with E-state index in [1.807, 2.05) is 0 Å². The summed E-state index contributed by atoms with van der Waals surface area (Å²) in [6.07, 6.45) is 0.400. The van der Waals surface area contributed by atoms with Crippen molar-refractivity contribution < 1.29 is 19.5 Å². The maximum atomic E-state index is 12.5. The van der Waals surface area contributed by atoms with Crippen molar-refractivity contribution in [3.63, 3.8) is 0 Å². The Kier molecular flexibility index (Phi) is 3.74. The second-order valence-electron chi connectivity index (χ2n) is 4.74. The smallest absolute Gasteiger partial charge is 0.258 e. The molecule has 6 heteroatoms. The largest absolute Gasteiger partial charge is 0.507 e. The summed E-state index contributed by atoms with van der Waals surface area (Å²) in [6, 6.07) is 4.11. The molecular formula is C14H16N2O4. The second-order valence-corrected chi connectivity index (χ2v) is 4.74. The highest BCUT2D eigenvalue weighted by molar-refractivity contribution is 6.08. The number of carbonyl (C=O) groups is 3. The minimum absolute atomic E-state index is 0.103. The maximum absolute atomic E-state index is 12.5. The van der Waals surface area contributed by atoms with Crippen molar-refractivity contribution in [2.45, 2.75) is 26.3 Å². The standard InChI is InChI=1S/C14H16N2O4/c1-3-10-13(19)15-11(17)7-16(10)14(20)9-6-4-5-8(2)12(9)18/h4-6,10,18H,3,7H2,1-2H3,(H,15,17,19). The molecule has 1 aliphatic rings. The number of hydrogen-bond donors (Lipinski definition) is 2. The zero-order valence-electron chi connectivity index (χ0n) is 11.3. The summed E-state index contributed by atoms with van der Waals surface area (Å²) in [7, 11) is 0. The summed E-state index contributed by atoms with van der Waals surface area (Å²) in [5, 5.41) is 12.2. The lowest BCUT2D eigenvalue weighted by Gasteiger charge is -2.33. The number of carbonyl (C=O) groups excluding carboxylic acids is 3. The molecular weight excluding hydrogens is 260 g/mol. The second kappa shape index (κ2) is 5.32. The Hall–Kier alpha value is -2.37. The van der Waals surface area contributed by atoms with E-state index in [1.165, 1.54) is 11.0 Å². The molecule has 0 spiro atoms. The summed E-state index contributed by atoms with van der Waals surface area (Å²) in [4.78, 5) is 36.9. The van der Waals surface area contributed by atoms with Gasteiger partial charge < -0.3 is 10.0 Å². The lowest BCUT2D eigenvalue weighted by atomic mass is 10.0. The first-order valence-electron chi connectivity index (χ1n) is 6.39. The van der Waals surface area contributed by atoms with Gasteiger partial charge in [-0.15, -0.1) is 0 Å². The van der Waals surface area contributed by atoms with Gasteiger partial charge in [-0.05, 0) is 25.0 Å². The Morgan fingerprint density at radius 3 is 2.80 bits per heavy atom. The fourth-order valence-electron chi connectivity index (χ4n) is 2.27. The fourth-order valence-corrected chi connectivity index (χ4v) is 2.27. The topological polar surface area (TPSA) is 86.7 Å². The van der Waals surface area contributed by atoms with E-state index >= 15 is 0 Å². The zero-order valence-corrected chi connectivity index (χ0v) is 11.3. The summed E-state index contributed by atoms with van der Waals surface area (Å²) in [5.74, 6) is -1.63. The molecule has 106 valence electrons. The third kappa shape index (κ3) is 2.36. The highest BCUT2D eigenvalue weighted by Gasteiger charge is 2.36. The molecule has 1 aromatic rings. The van der Waals surface area contributed by atoms with Crippen LogP contribution in [0.25, 0.3) is 0 Å². The molecule has 1 fully saturated rings. The molecule has 1 heterocycles. The molecule has 0 radical (unpaired) electrons. The van der Waals surface area contributed by atoms with Gasteiger partial charge in [0.15, 0.2) is 0 Å². The third-order valence-electron chi connectivity index (χ3n) is 3.37. The van der Waals surface area contributed by atoms with Crippen LogP contribution in [-0.4, -0.2) is 40.3 Å². The lowest BCUT2D eigenvalue weighted by Crippen LogP contribution is -2.59. The fraction of sp³-hybridized carbons (Fsp3) is 0.357. The molecule has 20 heavy (non-hydrogen) atoms. The van der Waals surface area contributed by atoms with Crippen LogP contribution in [0.1, 0.15) is 29.3 Å². The van der Waals surface area contributed by atoms with Crippen LogP contribution in [0.3, 0.4) is 0 Å². The van der Waals surface area contributed by atoms with Crippen LogP contribution in [0.4, 0.5) is 0 Å². The lowest BCUT2D eigenvalue weighted by molar-refractivity contribution is -0.138. The van der Waals surface area contributed by atoms with E-state index in [2.05, 4.69) is 5.32 Å². The van der Waals surface area contributed by atoms with E-state index in [1.54, 1.807) is 26.0 Å². The first kappa shape index (κ1) is 14.0. The molecule has 1 aliphatic heterocycles. The SMILES string of the molecule is CCC1C(=O)NC(=O)CN1C(=O)c1cccc(C)c1O. The molecule has 1 unspecified atom stereocenters. The molecule has 0 aliphatic carbocycles. The number of imide groups is 1. The third-order valence-corrected chi connectivity index (χ3v) is 3.37. The summed E-state index contributed by atoms with van der Waals surface area (Å²) in [6.45, 7) is 3.25. The van der Waals surface area contributed by atoms with E-state index in [0.717, 1.165) is 0 Å². The van der Waals surface area contributed by atoms with Crippen LogP contribution in [0, 0.1) is 6.92 Å². The van der Waals surface area contributed by atoms with Gasteiger partial charge in [0.2, 0.25) is 11.8 Å². The van der Waals surface area contributed by atoms with Crippen molar-refractivity contribution in [3.8, 4) is 5.75 Å². The van der Waals surface area contributed by atoms with Crippen molar-refractivity contribution in [2.75, 3.05) is 6.54 Å². The van der Waals surface area contributed by atoms with Gasteiger partial charge >= 0.3 is 0 Å². The molecule has 0 saturated carbocycles. The van der Waals surface area contributed by atoms with Crippen molar-refractivity contribution in [3.05, 3.63) is 29.3 Å². The number of phenolic OH excluding ortho intramolecular Hbond substituents is 1. The van der Waals surface area contributed by atoms with Crippen molar-refractivity contribution >= 4 is 17.7 Å². The maximum Gasteiger partial charge on any atom is 0.258 e. The van der Waals surface area contributed by atoms with Gasteiger partial charge in [0.05, 0.1) is 5.56 Å². The summed E-state index contributed by atoms with van der Waals surface area (Å²) >= 11 is 0. The van der Waals surface area contributed by atoms with Gasteiger partial charge in [-0.25, -0.2) is 0 Å². The van der Waals surface area contributed by atoms with Gasteiger partial charge in [0.1, 0.15) is 18.3 Å². The van der Waals surface area contributed by atoms with E-state index in [4.69, 9.17) is 0 Å². The Bertz CT molecular complexity index is 583. The molecule has 3 amide bonds. The molecule has 0 aromatic heterocycles. The molecule has 1 atom stereocenters. The first-order chi connectivity index (χ1) is 9.45. The highest BCUT2D eigenvalue weighted by atomic mass is 16.3. The van der Waals surface area contributed by atoms with Crippen molar-refractivity contribution in [1.29, 1.82) is 0 Å². The molecule has 1 saturated heterocycles. The van der Waals surface area contributed by atoms with Crippen LogP contribution in [0.5, 0.6) is 5.75 Å². The molecule has 2 rings (SSSR count). The Morgan fingerprint density at radius 2 is 2.15 bits per heavy atom. The van der Waals surface area contributed by atoms with E-state index in [-0.39, 0.29) is 17.9 Å². The highest BCUT2D eigenvalue weighted by Crippen LogP contribution is 2.24. The van der Waals surface area contributed by atoms with Gasteiger partial charge in [-0.3, -0.25) is 19.7 Å². The number of rotatable bonds is 2. The first-order valence-corrected chi connectivity index (χ1v) is 6.39. The number of para-hydroxylation sites is 1. The predicted octanol–water partition coefficient (Wildman–Crippen LogP) is 0.578. The van der Waals surface area contributed by atoms with E-state index in [0.29, 0.717) is 12.0 Å². The molecule has 6 nitrogen and oxygen atoms in total. The normalized spacial score (nSPS) is 18.9. The van der Waals surface area contributed by atoms with Gasteiger partial charge in [-0.2, -0.15) is 0 Å². The quantitative estimate of drug-likeness (QED) is 0.773. The number of phenols is 1. The minimum Gasteiger partial charge on any atom is -0.507 e. The molecule has 1 aromatic carbocycles. The van der Waals surface area contributed by atoms with Crippen molar-refractivity contribution in [1.82, 2.24) is 10.2 Å². The van der Waals surface area contributed by atoms with E-state index in [9.17, 15) is 19.5 Å². The van der Waals surface area contributed by atoms with Crippen molar-refractivity contribution in [2.24, 2.45) is 0 Å². The zero-order chi connectivity index (χ0) is 14.9. The van der Waals surface area contributed by atoms with Gasteiger partial charge in [0, 0.05) is 0 Å². The summed E-state index contributed by atoms with van der Waals surface area (Å²) in [5.41, 5.74) is 0.669. The Labute approximate surface area is 116 Å². The molecule has 0 bridgehead atoms. The van der Waals surface area contributed by atoms with Gasteiger partial charge in [0.25, 0.3) is 5.91 Å². The van der Waals surface area contributed by atoms with Crippen LogP contribution in [0.2, 0.25) is 0 Å². The summed E-state index contributed by atoms with van der Waals surface area (Å²) < 4.78 is 0. The Morgan fingerprint density at radius 1 is 1.45 bits per heavy atom. The minimum atomic E-state index is -0.694. The number of nitrogens with zero attached hydrogens (tertiary/aromatic N) is 1. The average molecular weight is 276 g/mol. The number of benzene rings is 1. The Balaban J connectivity index is 2.37. The molecule has 2 N–H and O–H groups in total. The van der Waals surface area contributed by atoms with Crippen LogP contribution >= 0.6 is 0 Å². The van der Waals surface area contributed by atoms with E-state index < -0.39 is 23.8 Å². The average Bonchev–Trinajstić information content (AvgIpc) is 2.40.